The average Bonchev–Trinajstić information content (AvgIpc) is 2.28. The number of ether oxygens (including phenoxy) is 2. The Morgan fingerprint density at radius 2 is 1.14 bits per heavy atom. The zero-order chi connectivity index (χ0) is 18.0. The molecule has 0 aliphatic rings. The lowest BCUT2D eigenvalue weighted by molar-refractivity contribution is -0.165. The topological polar surface area (TPSA) is 130 Å². The SMILES string of the molecule is CC(C)(C)C(=O)OCC(O)(COC(=O)C(C)(C)C)P(=O)(O)O. The van der Waals surface area contributed by atoms with Crippen molar-refractivity contribution in [1.29, 1.82) is 0 Å². The molecule has 3 N–H and O–H groups in total. The summed E-state index contributed by atoms with van der Waals surface area (Å²) in [4.78, 5) is 41.8. The predicted octanol–water partition coefficient (Wildman–Crippen LogP) is 1.03. The van der Waals surface area contributed by atoms with Gasteiger partial charge in [0, 0.05) is 0 Å². The third-order valence-electron chi connectivity index (χ3n) is 2.64. The molecule has 9 heteroatoms. The van der Waals surface area contributed by atoms with Crippen LogP contribution in [0.5, 0.6) is 0 Å². The third-order valence-corrected chi connectivity index (χ3v) is 3.98. The number of hydrogen-bond acceptors (Lipinski definition) is 6. The van der Waals surface area contributed by atoms with Crippen LogP contribution in [0.4, 0.5) is 0 Å². The minimum atomic E-state index is -5.10. The molecular formula is C13H25O8P. The highest BCUT2D eigenvalue weighted by molar-refractivity contribution is 7.53. The molecule has 0 unspecified atom stereocenters. The van der Waals surface area contributed by atoms with Crippen LogP contribution < -0.4 is 0 Å². The van der Waals surface area contributed by atoms with E-state index in [0.717, 1.165) is 0 Å². The molecule has 0 atom stereocenters. The van der Waals surface area contributed by atoms with Crippen LogP contribution in [0.1, 0.15) is 41.5 Å². The largest absolute Gasteiger partial charge is 0.461 e. The van der Waals surface area contributed by atoms with Gasteiger partial charge in [0.05, 0.1) is 10.8 Å². The van der Waals surface area contributed by atoms with Gasteiger partial charge in [-0.15, -0.1) is 0 Å². The number of carbonyl (C=O) groups is 2. The molecule has 0 saturated heterocycles. The first-order valence-corrected chi connectivity index (χ1v) is 8.24. The van der Waals surface area contributed by atoms with E-state index in [1.54, 1.807) is 41.5 Å². The normalized spacial score (nSPS) is 13.7. The maximum absolute atomic E-state index is 11.6. The first kappa shape index (κ1) is 21.0. The minimum absolute atomic E-state index is 0.749. The molecule has 0 aromatic rings. The lowest BCUT2D eigenvalue weighted by Crippen LogP contribution is -2.43. The summed E-state index contributed by atoms with van der Waals surface area (Å²) in [6, 6.07) is 0. The Balaban J connectivity index is 5.02. The van der Waals surface area contributed by atoms with Crippen LogP contribution in [-0.2, 0) is 23.6 Å². The molecule has 22 heavy (non-hydrogen) atoms. The number of esters is 2. The van der Waals surface area contributed by atoms with E-state index in [1.807, 2.05) is 0 Å². The van der Waals surface area contributed by atoms with E-state index in [-0.39, 0.29) is 0 Å². The molecule has 130 valence electrons. The van der Waals surface area contributed by atoms with Crippen molar-refractivity contribution >= 4 is 19.5 Å². The molecule has 0 fully saturated rings. The maximum atomic E-state index is 11.6. The summed E-state index contributed by atoms with van der Waals surface area (Å²) in [5.41, 5.74) is -1.81. The van der Waals surface area contributed by atoms with Gasteiger partial charge in [0.25, 0.3) is 0 Å². The van der Waals surface area contributed by atoms with Gasteiger partial charge in [0.15, 0.2) is 0 Å². The van der Waals surface area contributed by atoms with Crippen molar-refractivity contribution in [2.24, 2.45) is 10.8 Å². The monoisotopic (exact) mass is 340 g/mol. The summed E-state index contributed by atoms with van der Waals surface area (Å²) in [5.74, 6) is -1.50. The number of hydrogen-bond donors (Lipinski definition) is 3. The van der Waals surface area contributed by atoms with E-state index < -0.39 is 48.9 Å². The van der Waals surface area contributed by atoms with Crippen LogP contribution in [0.2, 0.25) is 0 Å². The first-order chi connectivity index (χ1) is 9.51. The summed E-state index contributed by atoms with van der Waals surface area (Å²) >= 11 is 0. The van der Waals surface area contributed by atoms with E-state index in [9.17, 15) is 29.0 Å². The molecule has 0 bridgehead atoms. The molecule has 0 heterocycles. The lowest BCUT2D eigenvalue weighted by Gasteiger charge is -2.30. The Kier molecular flexibility index (Phi) is 6.37. The summed E-state index contributed by atoms with van der Waals surface area (Å²) < 4.78 is 20.9. The fourth-order valence-electron chi connectivity index (χ4n) is 1.01. The van der Waals surface area contributed by atoms with Gasteiger partial charge in [-0.25, -0.2) is 0 Å². The molecule has 0 aliphatic carbocycles. The second kappa shape index (κ2) is 6.66. The molecule has 0 amide bonds. The molecule has 0 aromatic heterocycles. The van der Waals surface area contributed by atoms with Crippen LogP contribution in [0, 0.1) is 10.8 Å². The van der Waals surface area contributed by atoms with Gasteiger partial charge in [0.2, 0.25) is 5.34 Å². The zero-order valence-corrected chi connectivity index (χ0v) is 14.6. The minimum Gasteiger partial charge on any atom is -0.461 e. The smallest absolute Gasteiger partial charge is 0.364 e. The summed E-state index contributed by atoms with van der Waals surface area (Å²) in [5, 5.41) is 7.28. The van der Waals surface area contributed by atoms with Gasteiger partial charge < -0.3 is 24.4 Å². The average molecular weight is 340 g/mol. The Morgan fingerprint density at radius 1 is 0.864 bits per heavy atom. The van der Waals surface area contributed by atoms with E-state index in [4.69, 9.17) is 9.47 Å². The second-order valence-electron chi connectivity index (χ2n) is 7.18. The summed E-state index contributed by atoms with van der Waals surface area (Å²) in [7, 11) is -5.10. The lowest BCUT2D eigenvalue weighted by atomic mass is 9.97. The van der Waals surface area contributed by atoms with Crippen molar-refractivity contribution in [1.82, 2.24) is 0 Å². The first-order valence-electron chi connectivity index (χ1n) is 6.63. The van der Waals surface area contributed by atoms with Crippen molar-refractivity contribution in [3.05, 3.63) is 0 Å². The van der Waals surface area contributed by atoms with Gasteiger partial charge in [-0.1, -0.05) is 0 Å². The van der Waals surface area contributed by atoms with Gasteiger partial charge in [-0.2, -0.15) is 0 Å². The van der Waals surface area contributed by atoms with Crippen LogP contribution in [-0.4, -0.2) is 45.4 Å². The van der Waals surface area contributed by atoms with Crippen LogP contribution >= 0.6 is 7.60 Å². The highest BCUT2D eigenvalue weighted by Gasteiger charge is 2.49. The Labute approximate surface area is 130 Å². The van der Waals surface area contributed by atoms with Crippen molar-refractivity contribution in [2.45, 2.75) is 46.9 Å². The highest BCUT2D eigenvalue weighted by atomic mass is 31.2. The Morgan fingerprint density at radius 3 is 1.32 bits per heavy atom. The fourth-order valence-corrected chi connectivity index (χ4v) is 1.47. The van der Waals surface area contributed by atoms with Gasteiger partial charge >= 0.3 is 19.5 Å². The van der Waals surface area contributed by atoms with Crippen LogP contribution in [0.15, 0.2) is 0 Å². The number of carbonyl (C=O) groups excluding carboxylic acids is 2. The predicted molar refractivity (Wildman–Crippen MR) is 77.8 cm³/mol. The number of aliphatic hydroxyl groups is 1. The van der Waals surface area contributed by atoms with Crippen molar-refractivity contribution in [3.8, 4) is 0 Å². The molecule has 0 rings (SSSR count). The van der Waals surface area contributed by atoms with E-state index in [1.165, 1.54) is 0 Å². The van der Waals surface area contributed by atoms with Crippen molar-refractivity contribution in [3.63, 3.8) is 0 Å². The molecule has 0 spiro atoms. The quantitative estimate of drug-likeness (QED) is 0.500. The number of rotatable bonds is 5. The Hall–Kier alpha value is -0.950. The van der Waals surface area contributed by atoms with Crippen LogP contribution in [0.25, 0.3) is 0 Å². The van der Waals surface area contributed by atoms with Crippen molar-refractivity contribution < 1.29 is 38.5 Å². The van der Waals surface area contributed by atoms with E-state index >= 15 is 0 Å². The molecule has 0 radical (unpaired) electrons. The Bertz CT molecular complexity index is 435. The molecular weight excluding hydrogens is 315 g/mol. The maximum Gasteiger partial charge on any atom is 0.364 e. The van der Waals surface area contributed by atoms with Crippen molar-refractivity contribution in [2.75, 3.05) is 13.2 Å². The van der Waals surface area contributed by atoms with E-state index in [2.05, 4.69) is 0 Å². The summed E-state index contributed by atoms with van der Waals surface area (Å²) in [6.07, 6.45) is 0. The fraction of sp³-hybridized carbons (Fsp3) is 0.846. The van der Waals surface area contributed by atoms with Crippen LogP contribution in [0.3, 0.4) is 0 Å². The van der Waals surface area contributed by atoms with Gasteiger partial charge in [-0.3, -0.25) is 14.2 Å². The summed E-state index contributed by atoms with van der Waals surface area (Å²) in [6.45, 7) is 7.32. The molecule has 0 saturated carbocycles. The highest BCUT2D eigenvalue weighted by Crippen LogP contribution is 2.49. The molecule has 0 aliphatic heterocycles. The van der Waals surface area contributed by atoms with E-state index in [0.29, 0.717) is 0 Å². The third kappa shape index (κ3) is 6.04. The molecule has 8 nitrogen and oxygen atoms in total. The van der Waals surface area contributed by atoms with Gasteiger partial charge in [0.1, 0.15) is 13.2 Å². The van der Waals surface area contributed by atoms with Gasteiger partial charge in [-0.05, 0) is 41.5 Å². The standard InChI is InChI=1S/C13H25O8P/c1-11(2,3)9(14)20-7-13(16,22(17,18)19)8-21-10(15)12(4,5)6/h16H,7-8H2,1-6H3,(H2,17,18,19). The second-order valence-corrected chi connectivity index (χ2v) is 9.10. The zero-order valence-electron chi connectivity index (χ0n) is 13.7. The molecule has 0 aromatic carbocycles.